The van der Waals surface area contributed by atoms with Crippen molar-refractivity contribution < 1.29 is 9.59 Å². The number of carbonyl (C=O) groups is 2. The average molecular weight is 222 g/mol. The SMILES string of the molecule is CC.CNC(=O)C(=O)CNc1ccccc1. The Hall–Kier alpha value is -1.84. The molecule has 0 fully saturated rings. The van der Waals surface area contributed by atoms with Gasteiger partial charge in [0.25, 0.3) is 5.91 Å². The van der Waals surface area contributed by atoms with Gasteiger partial charge in [-0.05, 0) is 12.1 Å². The molecule has 1 aromatic rings. The van der Waals surface area contributed by atoms with Crippen molar-refractivity contribution in [1.29, 1.82) is 0 Å². The van der Waals surface area contributed by atoms with Gasteiger partial charge < -0.3 is 10.6 Å². The van der Waals surface area contributed by atoms with Crippen LogP contribution in [0.25, 0.3) is 0 Å². The molecule has 1 rings (SSSR count). The highest BCUT2D eigenvalue weighted by atomic mass is 16.2. The molecule has 0 unspecified atom stereocenters. The third kappa shape index (κ3) is 5.14. The lowest BCUT2D eigenvalue weighted by molar-refractivity contribution is -0.136. The van der Waals surface area contributed by atoms with Gasteiger partial charge in [-0.2, -0.15) is 0 Å². The fraction of sp³-hybridized carbons (Fsp3) is 0.333. The largest absolute Gasteiger partial charge is 0.377 e. The van der Waals surface area contributed by atoms with Gasteiger partial charge in [0.15, 0.2) is 0 Å². The smallest absolute Gasteiger partial charge is 0.289 e. The molecule has 1 amide bonds. The van der Waals surface area contributed by atoms with Crippen LogP contribution in [0.3, 0.4) is 0 Å². The molecule has 2 N–H and O–H groups in total. The first kappa shape index (κ1) is 14.2. The number of benzene rings is 1. The maximum Gasteiger partial charge on any atom is 0.289 e. The average Bonchev–Trinajstić information content (AvgIpc) is 2.38. The molecular formula is C12H18N2O2. The minimum atomic E-state index is -0.576. The first-order valence-corrected chi connectivity index (χ1v) is 5.28. The zero-order valence-corrected chi connectivity index (χ0v) is 9.91. The lowest BCUT2D eigenvalue weighted by atomic mass is 10.3. The lowest BCUT2D eigenvalue weighted by Crippen LogP contribution is -2.32. The van der Waals surface area contributed by atoms with Gasteiger partial charge >= 0.3 is 0 Å². The topological polar surface area (TPSA) is 58.2 Å². The fourth-order valence-electron chi connectivity index (χ4n) is 0.958. The molecule has 0 saturated carbocycles. The maximum atomic E-state index is 11.1. The molecule has 0 saturated heterocycles. The van der Waals surface area contributed by atoms with Crippen LogP contribution < -0.4 is 10.6 Å². The van der Waals surface area contributed by atoms with E-state index in [1.165, 1.54) is 7.05 Å². The molecule has 0 heterocycles. The van der Waals surface area contributed by atoms with E-state index >= 15 is 0 Å². The molecule has 0 aliphatic carbocycles. The molecule has 1 aromatic carbocycles. The first-order valence-electron chi connectivity index (χ1n) is 5.28. The first-order chi connectivity index (χ1) is 7.74. The summed E-state index contributed by atoms with van der Waals surface area (Å²) in [6.07, 6.45) is 0. The maximum absolute atomic E-state index is 11.1. The number of rotatable bonds is 4. The van der Waals surface area contributed by atoms with Crippen LogP contribution in [0.1, 0.15) is 13.8 Å². The summed E-state index contributed by atoms with van der Waals surface area (Å²) in [5, 5.41) is 5.12. The van der Waals surface area contributed by atoms with Crippen molar-refractivity contribution in [2.24, 2.45) is 0 Å². The Kier molecular flexibility index (Phi) is 7.49. The van der Waals surface area contributed by atoms with Crippen LogP contribution >= 0.6 is 0 Å². The van der Waals surface area contributed by atoms with E-state index in [-0.39, 0.29) is 6.54 Å². The summed E-state index contributed by atoms with van der Waals surface area (Å²) in [4.78, 5) is 21.9. The number of carbonyl (C=O) groups excluding carboxylic acids is 2. The molecule has 4 nitrogen and oxygen atoms in total. The number of hydrogen-bond donors (Lipinski definition) is 2. The third-order valence-corrected chi connectivity index (χ3v) is 1.71. The highest BCUT2D eigenvalue weighted by molar-refractivity contribution is 6.37. The molecule has 0 bridgehead atoms. The predicted molar refractivity (Wildman–Crippen MR) is 65.4 cm³/mol. The number of ketones is 1. The van der Waals surface area contributed by atoms with Gasteiger partial charge in [-0.15, -0.1) is 0 Å². The molecule has 16 heavy (non-hydrogen) atoms. The van der Waals surface area contributed by atoms with Crippen molar-refractivity contribution in [2.75, 3.05) is 18.9 Å². The van der Waals surface area contributed by atoms with Crippen molar-refractivity contribution in [1.82, 2.24) is 5.32 Å². The van der Waals surface area contributed by atoms with Crippen LogP contribution in [0, 0.1) is 0 Å². The Morgan fingerprint density at radius 3 is 2.19 bits per heavy atom. The normalized spacial score (nSPS) is 8.44. The highest BCUT2D eigenvalue weighted by Gasteiger charge is 2.09. The Balaban J connectivity index is 0.00000106. The molecule has 0 aromatic heterocycles. The summed E-state index contributed by atoms with van der Waals surface area (Å²) < 4.78 is 0. The van der Waals surface area contributed by atoms with Crippen molar-refractivity contribution >= 4 is 17.4 Å². The number of anilines is 1. The van der Waals surface area contributed by atoms with Crippen LogP contribution in [0.15, 0.2) is 30.3 Å². The van der Waals surface area contributed by atoms with Crippen molar-refractivity contribution in [3.63, 3.8) is 0 Å². The van der Waals surface area contributed by atoms with E-state index in [1.807, 2.05) is 44.2 Å². The third-order valence-electron chi connectivity index (χ3n) is 1.71. The number of nitrogens with one attached hydrogen (secondary N) is 2. The second-order valence-electron chi connectivity index (χ2n) is 2.72. The van der Waals surface area contributed by atoms with Crippen LogP contribution in [-0.4, -0.2) is 25.3 Å². The van der Waals surface area contributed by atoms with E-state index in [9.17, 15) is 9.59 Å². The van der Waals surface area contributed by atoms with E-state index < -0.39 is 11.7 Å². The van der Waals surface area contributed by atoms with Gasteiger partial charge in [-0.3, -0.25) is 9.59 Å². The Bertz CT molecular complexity index is 323. The van der Waals surface area contributed by atoms with Gasteiger partial charge in [-0.1, -0.05) is 32.0 Å². The van der Waals surface area contributed by atoms with Gasteiger partial charge in [0, 0.05) is 12.7 Å². The standard InChI is InChI=1S/C10H12N2O2.C2H6/c1-11-10(14)9(13)7-12-8-5-3-2-4-6-8;1-2/h2-6,12H,7H2,1H3,(H,11,14);1-2H3. The van der Waals surface area contributed by atoms with Gasteiger partial charge in [0.2, 0.25) is 5.78 Å². The number of Topliss-reactive ketones (excluding diaryl/α,β-unsaturated/α-hetero) is 1. The molecule has 0 radical (unpaired) electrons. The molecular weight excluding hydrogens is 204 g/mol. The lowest BCUT2D eigenvalue weighted by Gasteiger charge is -2.03. The van der Waals surface area contributed by atoms with Crippen LogP contribution in [0.4, 0.5) is 5.69 Å². The summed E-state index contributed by atoms with van der Waals surface area (Å²) in [6.45, 7) is 4.02. The van der Waals surface area contributed by atoms with Crippen molar-refractivity contribution in [2.45, 2.75) is 13.8 Å². The zero-order chi connectivity index (χ0) is 12.4. The van der Waals surface area contributed by atoms with Crippen molar-refractivity contribution in [3.8, 4) is 0 Å². The molecule has 4 heteroatoms. The molecule has 0 aliphatic rings. The second kappa shape index (κ2) is 8.47. The van der Waals surface area contributed by atoms with E-state index in [1.54, 1.807) is 0 Å². The fourth-order valence-corrected chi connectivity index (χ4v) is 0.958. The second-order valence-corrected chi connectivity index (χ2v) is 2.72. The number of likely N-dealkylation sites (N-methyl/N-ethyl adjacent to an activating group) is 1. The summed E-state index contributed by atoms with van der Waals surface area (Å²) in [7, 11) is 1.43. The summed E-state index contributed by atoms with van der Waals surface area (Å²) >= 11 is 0. The minimum absolute atomic E-state index is 0.0175. The quantitative estimate of drug-likeness (QED) is 0.758. The van der Waals surface area contributed by atoms with E-state index in [0.717, 1.165) is 5.69 Å². The van der Waals surface area contributed by atoms with Crippen molar-refractivity contribution in [3.05, 3.63) is 30.3 Å². The minimum Gasteiger partial charge on any atom is -0.377 e. The summed E-state index contributed by atoms with van der Waals surface area (Å²) in [5.41, 5.74) is 0.824. The number of amides is 1. The predicted octanol–water partition coefficient (Wildman–Crippen LogP) is 1.44. The van der Waals surface area contributed by atoms with E-state index in [4.69, 9.17) is 0 Å². The van der Waals surface area contributed by atoms with Crippen LogP contribution in [0.5, 0.6) is 0 Å². The van der Waals surface area contributed by atoms with E-state index in [2.05, 4.69) is 10.6 Å². The van der Waals surface area contributed by atoms with Crippen LogP contribution in [-0.2, 0) is 9.59 Å². The highest BCUT2D eigenvalue weighted by Crippen LogP contribution is 2.03. The van der Waals surface area contributed by atoms with Gasteiger partial charge in [-0.25, -0.2) is 0 Å². The van der Waals surface area contributed by atoms with Gasteiger partial charge in [0.1, 0.15) is 0 Å². The Morgan fingerprint density at radius 2 is 1.69 bits per heavy atom. The molecule has 0 aliphatic heterocycles. The summed E-state index contributed by atoms with van der Waals surface area (Å²) in [5.74, 6) is -1.05. The van der Waals surface area contributed by atoms with Gasteiger partial charge in [0.05, 0.1) is 6.54 Å². The van der Waals surface area contributed by atoms with E-state index in [0.29, 0.717) is 0 Å². The zero-order valence-electron chi connectivity index (χ0n) is 9.91. The molecule has 0 spiro atoms. The monoisotopic (exact) mass is 222 g/mol. The van der Waals surface area contributed by atoms with Crippen LogP contribution in [0.2, 0.25) is 0 Å². The molecule has 88 valence electrons. The Morgan fingerprint density at radius 1 is 1.12 bits per heavy atom. The number of para-hydroxylation sites is 1. The Labute approximate surface area is 96.0 Å². The summed E-state index contributed by atoms with van der Waals surface area (Å²) in [6, 6.07) is 9.25. The molecule has 0 atom stereocenters. The number of hydrogen-bond acceptors (Lipinski definition) is 3.